The van der Waals surface area contributed by atoms with Gasteiger partial charge in [0.25, 0.3) is 0 Å². The Balaban J connectivity index is 2.30. The van der Waals surface area contributed by atoms with Crippen LogP contribution in [-0.2, 0) is 0 Å². The van der Waals surface area contributed by atoms with Gasteiger partial charge in [-0.25, -0.2) is 9.66 Å². The molecule has 2 N–H and O–H groups in total. The quantitative estimate of drug-likeness (QED) is 0.848. The second-order valence-electron chi connectivity index (χ2n) is 3.94. The van der Waals surface area contributed by atoms with Gasteiger partial charge in [0.2, 0.25) is 5.95 Å². The number of hydrogen-bond acceptors (Lipinski definition) is 5. The highest BCUT2D eigenvalue weighted by atomic mass is 16.5. The molecule has 0 aliphatic heterocycles. The number of methoxy groups -OCH3 is 2. The zero-order valence-corrected chi connectivity index (χ0v) is 11.1. The molecule has 0 amide bonds. The van der Waals surface area contributed by atoms with Gasteiger partial charge in [-0.05, 0) is 19.1 Å². The van der Waals surface area contributed by atoms with E-state index in [9.17, 15) is 0 Å². The van der Waals surface area contributed by atoms with Gasteiger partial charge in [-0.2, -0.15) is 5.10 Å². The molecule has 2 aromatic rings. The molecule has 1 heterocycles. The molecule has 0 fully saturated rings. The maximum Gasteiger partial charge on any atom is 0.221 e. The summed E-state index contributed by atoms with van der Waals surface area (Å²) in [4.78, 5) is 4.07. The van der Waals surface area contributed by atoms with Gasteiger partial charge in [-0.15, -0.1) is 0 Å². The summed E-state index contributed by atoms with van der Waals surface area (Å²) in [5.41, 5.74) is 7.35. The first-order valence-electron chi connectivity index (χ1n) is 5.72. The van der Waals surface area contributed by atoms with Crippen molar-refractivity contribution < 1.29 is 9.47 Å². The number of nitrogen functional groups attached to an aromatic ring is 1. The second-order valence-corrected chi connectivity index (χ2v) is 3.94. The summed E-state index contributed by atoms with van der Waals surface area (Å²) in [6.07, 6.45) is 3.41. The number of aromatic nitrogens is 2. The van der Waals surface area contributed by atoms with E-state index in [4.69, 9.17) is 15.2 Å². The van der Waals surface area contributed by atoms with Crippen LogP contribution in [0.2, 0.25) is 0 Å². The predicted molar refractivity (Wildman–Crippen MR) is 73.9 cm³/mol. The Hall–Kier alpha value is -2.50. The molecule has 0 saturated heterocycles. The molecule has 0 radical (unpaired) electrons. The predicted octanol–water partition coefficient (Wildman–Crippen LogP) is 1.67. The normalized spacial score (nSPS) is 10.9. The fraction of sp³-hybridized carbons (Fsp3) is 0.231. The third kappa shape index (κ3) is 2.85. The highest BCUT2D eigenvalue weighted by Crippen LogP contribution is 2.23. The Bertz CT molecular complexity index is 605. The van der Waals surface area contributed by atoms with Crippen molar-refractivity contribution in [3.05, 3.63) is 35.7 Å². The van der Waals surface area contributed by atoms with Crippen molar-refractivity contribution in [2.75, 3.05) is 20.0 Å². The molecule has 100 valence electrons. The zero-order valence-electron chi connectivity index (χ0n) is 11.1. The Labute approximate surface area is 111 Å². The van der Waals surface area contributed by atoms with E-state index in [1.54, 1.807) is 32.7 Å². The summed E-state index contributed by atoms with van der Waals surface area (Å²) in [6.45, 7) is 1.86. The maximum atomic E-state index is 5.71. The standard InChI is InChI=1S/C13H16N4O2/c1-9-8-17(13(14)16-9)15-7-10-4-5-11(18-2)6-12(10)19-3/h4-8H,1-3H3,(H2,14,16). The van der Waals surface area contributed by atoms with Crippen LogP contribution < -0.4 is 15.2 Å². The highest BCUT2D eigenvalue weighted by Gasteiger charge is 2.03. The van der Waals surface area contributed by atoms with Crippen molar-refractivity contribution in [1.82, 2.24) is 9.66 Å². The van der Waals surface area contributed by atoms with Crippen LogP contribution in [0.4, 0.5) is 5.95 Å². The van der Waals surface area contributed by atoms with E-state index in [1.165, 1.54) is 4.68 Å². The molecule has 0 unspecified atom stereocenters. The summed E-state index contributed by atoms with van der Waals surface area (Å²) in [5, 5.41) is 4.24. The van der Waals surface area contributed by atoms with Crippen molar-refractivity contribution in [3.8, 4) is 11.5 Å². The van der Waals surface area contributed by atoms with Crippen LogP contribution in [0.25, 0.3) is 0 Å². The fourth-order valence-corrected chi connectivity index (χ4v) is 1.65. The first kappa shape index (κ1) is 12.9. The van der Waals surface area contributed by atoms with E-state index in [0.717, 1.165) is 17.0 Å². The molecule has 0 atom stereocenters. The molecule has 0 aliphatic rings. The smallest absolute Gasteiger partial charge is 0.221 e. The van der Waals surface area contributed by atoms with Gasteiger partial charge in [0, 0.05) is 11.6 Å². The van der Waals surface area contributed by atoms with Gasteiger partial charge in [0.05, 0.1) is 32.3 Å². The molecule has 0 spiro atoms. The summed E-state index contributed by atoms with van der Waals surface area (Å²) in [5.74, 6) is 1.76. The van der Waals surface area contributed by atoms with Crippen LogP contribution in [0.1, 0.15) is 11.3 Å². The van der Waals surface area contributed by atoms with Crippen molar-refractivity contribution >= 4 is 12.2 Å². The van der Waals surface area contributed by atoms with Gasteiger partial charge < -0.3 is 15.2 Å². The molecule has 0 saturated carbocycles. The SMILES string of the molecule is COc1ccc(C=Nn2cc(C)nc2N)c(OC)c1. The zero-order chi connectivity index (χ0) is 13.8. The molecule has 0 bridgehead atoms. The topological polar surface area (TPSA) is 74.7 Å². The lowest BCUT2D eigenvalue weighted by Crippen LogP contribution is -1.98. The molecule has 1 aromatic heterocycles. The lowest BCUT2D eigenvalue weighted by atomic mass is 10.2. The average Bonchev–Trinajstić information content (AvgIpc) is 2.74. The highest BCUT2D eigenvalue weighted by molar-refractivity contribution is 5.84. The number of nitrogens with two attached hydrogens (primary N) is 1. The molecule has 1 aromatic carbocycles. The molecule has 19 heavy (non-hydrogen) atoms. The van der Waals surface area contributed by atoms with Crippen LogP contribution in [0.15, 0.2) is 29.5 Å². The van der Waals surface area contributed by atoms with Gasteiger partial charge in [0.1, 0.15) is 11.5 Å². The van der Waals surface area contributed by atoms with Crippen molar-refractivity contribution in [2.45, 2.75) is 6.92 Å². The minimum Gasteiger partial charge on any atom is -0.497 e. The Morgan fingerprint density at radius 2 is 2.11 bits per heavy atom. The van der Waals surface area contributed by atoms with E-state index in [2.05, 4.69) is 10.1 Å². The van der Waals surface area contributed by atoms with E-state index in [-0.39, 0.29) is 0 Å². The number of rotatable bonds is 4. The minimum absolute atomic E-state index is 0.348. The average molecular weight is 260 g/mol. The molecular formula is C13H16N4O2. The monoisotopic (exact) mass is 260 g/mol. The van der Waals surface area contributed by atoms with Gasteiger partial charge in [-0.1, -0.05) is 0 Å². The van der Waals surface area contributed by atoms with E-state index in [1.807, 2.05) is 19.1 Å². The minimum atomic E-state index is 0.348. The van der Waals surface area contributed by atoms with Crippen LogP contribution in [-0.4, -0.2) is 30.1 Å². The Morgan fingerprint density at radius 1 is 1.32 bits per heavy atom. The summed E-state index contributed by atoms with van der Waals surface area (Å²) >= 11 is 0. The van der Waals surface area contributed by atoms with Crippen molar-refractivity contribution in [2.24, 2.45) is 5.10 Å². The van der Waals surface area contributed by atoms with Crippen molar-refractivity contribution in [1.29, 1.82) is 0 Å². The van der Waals surface area contributed by atoms with E-state index in [0.29, 0.717) is 11.7 Å². The van der Waals surface area contributed by atoms with Crippen LogP contribution in [0, 0.1) is 6.92 Å². The number of imidazole rings is 1. The molecule has 6 heteroatoms. The van der Waals surface area contributed by atoms with Gasteiger partial charge >= 0.3 is 0 Å². The Kier molecular flexibility index (Phi) is 3.70. The number of benzene rings is 1. The number of hydrogen-bond donors (Lipinski definition) is 1. The van der Waals surface area contributed by atoms with E-state index < -0.39 is 0 Å². The summed E-state index contributed by atoms with van der Waals surface area (Å²) < 4.78 is 11.9. The van der Waals surface area contributed by atoms with Crippen LogP contribution >= 0.6 is 0 Å². The van der Waals surface area contributed by atoms with Gasteiger partial charge in [-0.3, -0.25) is 0 Å². The van der Waals surface area contributed by atoms with Crippen molar-refractivity contribution in [3.63, 3.8) is 0 Å². The first-order valence-corrected chi connectivity index (χ1v) is 5.72. The third-order valence-corrected chi connectivity index (χ3v) is 2.60. The lowest BCUT2D eigenvalue weighted by molar-refractivity contribution is 0.394. The number of nitrogens with zero attached hydrogens (tertiary/aromatic N) is 3. The largest absolute Gasteiger partial charge is 0.497 e. The number of anilines is 1. The second kappa shape index (κ2) is 5.43. The summed E-state index contributed by atoms with van der Waals surface area (Å²) in [7, 11) is 3.21. The Morgan fingerprint density at radius 3 is 2.68 bits per heavy atom. The fourth-order valence-electron chi connectivity index (χ4n) is 1.65. The van der Waals surface area contributed by atoms with Crippen LogP contribution in [0.5, 0.6) is 11.5 Å². The van der Waals surface area contributed by atoms with Crippen LogP contribution in [0.3, 0.4) is 0 Å². The lowest BCUT2D eigenvalue weighted by Gasteiger charge is -2.06. The number of aryl methyl sites for hydroxylation is 1. The van der Waals surface area contributed by atoms with Gasteiger partial charge in [0.15, 0.2) is 0 Å². The molecular weight excluding hydrogens is 244 g/mol. The maximum absolute atomic E-state index is 5.71. The summed E-state index contributed by atoms with van der Waals surface area (Å²) in [6, 6.07) is 5.50. The number of ether oxygens (including phenoxy) is 2. The van der Waals surface area contributed by atoms with E-state index >= 15 is 0 Å². The third-order valence-electron chi connectivity index (χ3n) is 2.60. The molecule has 6 nitrogen and oxygen atoms in total. The molecule has 0 aliphatic carbocycles. The molecule has 2 rings (SSSR count). The first-order chi connectivity index (χ1) is 9.13.